The van der Waals surface area contributed by atoms with Crippen LogP contribution in [0.15, 0.2) is 40.9 Å². The SMILES string of the molecule is COc1cc(C(=O)N2C[C@H](F)C[C@@H](OC(N)=O)C2C(C)(C)C)cc2oc(-c3cc4cccnc4n3CC3CC3)c(C)c12. The van der Waals surface area contributed by atoms with Crippen molar-refractivity contribution >= 4 is 34.0 Å². The molecule has 2 aliphatic rings. The van der Waals surface area contributed by atoms with Crippen molar-refractivity contribution < 1.29 is 27.9 Å². The van der Waals surface area contributed by atoms with Gasteiger partial charge < -0.3 is 29.1 Å². The van der Waals surface area contributed by atoms with Gasteiger partial charge in [0.1, 0.15) is 29.3 Å². The van der Waals surface area contributed by atoms with Crippen molar-refractivity contribution in [2.75, 3.05) is 13.7 Å². The van der Waals surface area contributed by atoms with E-state index in [0.717, 1.165) is 34.2 Å². The molecule has 10 heteroatoms. The highest BCUT2D eigenvalue weighted by Gasteiger charge is 2.47. The quantitative estimate of drug-likeness (QED) is 0.291. The second-order valence-electron chi connectivity index (χ2n) is 12.7. The van der Waals surface area contributed by atoms with Crippen LogP contribution in [0.1, 0.15) is 56.0 Å². The number of nitrogens with two attached hydrogens (primary N) is 1. The molecule has 222 valence electrons. The smallest absolute Gasteiger partial charge is 0.404 e. The van der Waals surface area contributed by atoms with E-state index >= 15 is 0 Å². The Morgan fingerprint density at radius 1 is 1.21 bits per heavy atom. The topological polar surface area (TPSA) is 113 Å². The molecule has 1 saturated carbocycles. The summed E-state index contributed by atoms with van der Waals surface area (Å²) in [6.07, 6.45) is 0.924. The number of pyridine rings is 1. The van der Waals surface area contributed by atoms with Crippen LogP contribution in [0.25, 0.3) is 33.5 Å². The van der Waals surface area contributed by atoms with Gasteiger partial charge in [-0.15, -0.1) is 0 Å². The number of carbonyl (C=O) groups excluding carboxylic acids is 2. The Morgan fingerprint density at radius 3 is 2.64 bits per heavy atom. The maximum Gasteiger partial charge on any atom is 0.404 e. The number of hydrogen-bond acceptors (Lipinski definition) is 6. The second kappa shape index (κ2) is 10.3. The highest BCUT2D eigenvalue weighted by molar-refractivity contribution is 6.02. The van der Waals surface area contributed by atoms with E-state index in [-0.39, 0.29) is 13.0 Å². The van der Waals surface area contributed by atoms with Gasteiger partial charge in [-0.25, -0.2) is 14.2 Å². The molecule has 4 aromatic rings. The molecular formula is C32H37FN4O5. The standard InChI is InChI=1S/C32H37FN4O5/c1-17-26-23(40-5)12-20(30(38)37-16-21(33)14-25(42-31(34)39)28(37)32(2,3)4)13-24(26)41-27(17)22-11-19-7-6-10-35-29(19)36(22)15-18-8-9-18/h6-7,10-13,18,21,25,28H,8-9,14-16H2,1-5H3,(H2,34,39)/t21-,25-,28?/m1/s1. The van der Waals surface area contributed by atoms with Crippen molar-refractivity contribution in [2.24, 2.45) is 17.1 Å². The summed E-state index contributed by atoms with van der Waals surface area (Å²) < 4.78 is 34.8. The van der Waals surface area contributed by atoms with Crippen LogP contribution in [0.4, 0.5) is 9.18 Å². The molecule has 2 amide bonds. The van der Waals surface area contributed by atoms with E-state index in [1.165, 1.54) is 17.7 Å². The van der Waals surface area contributed by atoms with Gasteiger partial charge in [0.05, 0.1) is 30.8 Å². The number of fused-ring (bicyclic) bond motifs is 2. The number of aryl methyl sites for hydroxylation is 1. The molecule has 4 heterocycles. The summed E-state index contributed by atoms with van der Waals surface area (Å²) in [4.78, 5) is 31.8. The van der Waals surface area contributed by atoms with Crippen LogP contribution in [0, 0.1) is 18.3 Å². The third-order valence-corrected chi connectivity index (χ3v) is 8.47. The molecule has 1 saturated heterocycles. The number of likely N-dealkylation sites (tertiary alicyclic amines) is 1. The average Bonchev–Trinajstić information content (AvgIpc) is 3.59. The summed E-state index contributed by atoms with van der Waals surface area (Å²) in [5.74, 6) is 1.39. The fraction of sp³-hybridized carbons (Fsp3) is 0.469. The van der Waals surface area contributed by atoms with Crippen LogP contribution in [0.2, 0.25) is 0 Å². The number of hydrogen-bond donors (Lipinski definition) is 1. The number of alkyl halides is 1. The van der Waals surface area contributed by atoms with Crippen molar-refractivity contribution in [1.29, 1.82) is 0 Å². The Balaban J connectivity index is 1.45. The predicted octanol–water partition coefficient (Wildman–Crippen LogP) is 6.24. The van der Waals surface area contributed by atoms with Gasteiger partial charge >= 0.3 is 6.09 Å². The van der Waals surface area contributed by atoms with Crippen molar-refractivity contribution in [1.82, 2.24) is 14.5 Å². The molecule has 3 atom stereocenters. The Hall–Kier alpha value is -4.08. The minimum absolute atomic E-state index is 0.0263. The molecular weight excluding hydrogens is 539 g/mol. The van der Waals surface area contributed by atoms with Gasteiger partial charge in [-0.1, -0.05) is 20.8 Å². The minimum atomic E-state index is -1.37. The number of piperidine rings is 1. The molecule has 2 fully saturated rings. The second-order valence-corrected chi connectivity index (χ2v) is 12.7. The molecule has 9 nitrogen and oxygen atoms in total. The molecule has 0 spiro atoms. The van der Waals surface area contributed by atoms with E-state index in [2.05, 4.69) is 15.6 Å². The number of nitrogens with zero attached hydrogens (tertiary/aromatic N) is 3. The molecule has 1 aromatic carbocycles. The van der Waals surface area contributed by atoms with Crippen molar-refractivity contribution in [3.05, 3.63) is 47.7 Å². The van der Waals surface area contributed by atoms with Crippen molar-refractivity contribution in [2.45, 2.75) is 71.8 Å². The first-order valence-electron chi connectivity index (χ1n) is 14.4. The monoisotopic (exact) mass is 576 g/mol. The summed E-state index contributed by atoms with van der Waals surface area (Å²) in [7, 11) is 1.55. The van der Waals surface area contributed by atoms with Gasteiger partial charge in [-0.2, -0.15) is 0 Å². The van der Waals surface area contributed by atoms with Crippen LogP contribution in [0.3, 0.4) is 0 Å². The van der Waals surface area contributed by atoms with E-state index in [4.69, 9.17) is 19.6 Å². The lowest BCUT2D eigenvalue weighted by molar-refractivity contribution is -0.0570. The van der Waals surface area contributed by atoms with Gasteiger partial charge in [-0.05, 0) is 61.4 Å². The molecule has 6 rings (SSSR count). The summed E-state index contributed by atoms with van der Waals surface area (Å²) in [5.41, 5.74) is 8.30. The fourth-order valence-corrected chi connectivity index (χ4v) is 6.53. The summed E-state index contributed by atoms with van der Waals surface area (Å²) >= 11 is 0. The number of ether oxygens (including phenoxy) is 2. The van der Waals surface area contributed by atoms with Crippen LogP contribution < -0.4 is 10.5 Å². The Morgan fingerprint density at radius 2 is 1.98 bits per heavy atom. The van der Waals surface area contributed by atoms with Crippen molar-refractivity contribution in [3.63, 3.8) is 0 Å². The first-order valence-corrected chi connectivity index (χ1v) is 14.4. The summed E-state index contributed by atoms with van der Waals surface area (Å²) in [6.45, 7) is 8.49. The number of halogens is 1. The Kier molecular flexibility index (Phi) is 6.90. The minimum Gasteiger partial charge on any atom is -0.496 e. The lowest BCUT2D eigenvalue weighted by Gasteiger charge is -2.47. The Bertz CT molecular complexity index is 1680. The lowest BCUT2D eigenvalue weighted by Crippen LogP contribution is -2.61. The van der Waals surface area contributed by atoms with Gasteiger partial charge in [-0.3, -0.25) is 4.79 Å². The first-order chi connectivity index (χ1) is 20.0. The van der Waals surface area contributed by atoms with E-state index < -0.39 is 35.7 Å². The zero-order valence-electron chi connectivity index (χ0n) is 24.6. The number of rotatable bonds is 6. The average molecular weight is 577 g/mol. The number of aromatic nitrogens is 2. The third-order valence-electron chi connectivity index (χ3n) is 8.47. The van der Waals surface area contributed by atoms with Crippen LogP contribution in [0.5, 0.6) is 5.75 Å². The maximum absolute atomic E-state index is 15.0. The highest BCUT2D eigenvalue weighted by atomic mass is 19.1. The number of furan rings is 1. The molecule has 1 aliphatic heterocycles. The largest absolute Gasteiger partial charge is 0.496 e. The van der Waals surface area contributed by atoms with Gasteiger partial charge in [0.15, 0.2) is 5.76 Å². The van der Waals surface area contributed by atoms with E-state index in [1.807, 2.05) is 39.8 Å². The lowest BCUT2D eigenvalue weighted by atomic mass is 9.78. The van der Waals surface area contributed by atoms with E-state index in [9.17, 15) is 14.0 Å². The summed E-state index contributed by atoms with van der Waals surface area (Å²) in [6, 6.07) is 8.83. The highest BCUT2D eigenvalue weighted by Crippen LogP contribution is 2.43. The molecule has 1 unspecified atom stereocenters. The molecule has 0 bridgehead atoms. The third kappa shape index (κ3) is 4.97. The molecule has 0 radical (unpaired) electrons. The number of benzene rings is 1. The fourth-order valence-electron chi connectivity index (χ4n) is 6.53. The van der Waals surface area contributed by atoms with E-state index in [0.29, 0.717) is 28.6 Å². The van der Waals surface area contributed by atoms with Gasteiger partial charge in [0.25, 0.3) is 5.91 Å². The number of amides is 2. The Labute approximate surface area is 243 Å². The van der Waals surface area contributed by atoms with Crippen LogP contribution >= 0.6 is 0 Å². The molecule has 42 heavy (non-hydrogen) atoms. The molecule has 3 aromatic heterocycles. The molecule has 1 aliphatic carbocycles. The first kappa shape index (κ1) is 28.1. The number of methoxy groups -OCH3 is 1. The zero-order chi connectivity index (χ0) is 29.9. The number of carbonyl (C=O) groups is 2. The van der Waals surface area contributed by atoms with Crippen molar-refractivity contribution in [3.8, 4) is 17.2 Å². The summed E-state index contributed by atoms with van der Waals surface area (Å²) in [5, 5.41) is 1.80. The number of primary amides is 1. The van der Waals surface area contributed by atoms with Crippen LogP contribution in [-0.2, 0) is 11.3 Å². The normalized spacial score (nSPS) is 21.2. The predicted molar refractivity (Wildman–Crippen MR) is 157 cm³/mol. The van der Waals surface area contributed by atoms with Gasteiger partial charge in [0, 0.05) is 35.7 Å². The van der Waals surface area contributed by atoms with Crippen LogP contribution in [-0.4, -0.2) is 58.4 Å². The maximum atomic E-state index is 15.0. The zero-order valence-corrected chi connectivity index (χ0v) is 24.6. The molecule has 2 N–H and O–H groups in total. The van der Waals surface area contributed by atoms with E-state index in [1.54, 1.807) is 25.4 Å². The van der Waals surface area contributed by atoms with Gasteiger partial charge in [0.2, 0.25) is 0 Å².